The second-order valence-corrected chi connectivity index (χ2v) is 2.09. The Balaban J connectivity index is 4.34. The Kier molecular flexibility index (Phi) is 4.96. The van der Waals surface area contributed by atoms with Gasteiger partial charge in [0, 0.05) is 13.1 Å². The zero-order chi connectivity index (χ0) is 10.3. The Bertz CT molecular complexity index is 276. The molecule has 0 aromatic rings. The van der Waals surface area contributed by atoms with Crippen molar-refractivity contribution in [1.29, 1.82) is 5.26 Å². The summed E-state index contributed by atoms with van der Waals surface area (Å²) in [5.74, 6) is -1.09. The van der Waals surface area contributed by atoms with Crippen LogP contribution in [0.3, 0.4) is 0 Å². The van der Waals surface area contributed by atoms with Gasteiger partial charge in [0.25, 0.3) is 0 Å². The van der Waals surface area contributed by atoms with Crippen molar-refractivity contribution < 1.29 is 14.3 Å². The van der Waals surface area contributed by atoms with Gasteiger partial charge in [0.15, 0.2) is 5.57 Å². The zero-order valence-corrected chi connectivity index (χ0v) is 7.46. The standard InChI is InChI=1S/C8H10N2O3/c1-3-13-8(12)7(4-9)5-10-6(2)11/h5H,3H2,1-2H3,(H,10,11)/b7-5-. The van der Waals surface area contributed by atoms with E-state index in [0.29, 0.717) is 0 Å². The molecule has 0 saturated carbocycles. The summed E-state index contributed by atoms with van der Waals surface area (Å²) in [5.41, 5.74) is -0.225. The van der Waals surface area contributed by atoms with Gasteiger partial charge < -0.3 is 10.1 Å². The molecule has 0 unspecified atom stereocenters. The molecular weight excluding hydrogens is 172 g/mol. The highest BCUT2D eigenvalue weighted by atomic mass is 16.5. The molecule has 0 aliphatic rings. The Labute approximate surface area is 76.0 Å². The molecule has 5 nitrogen and oxygen atoms in total. The molecule has 70 valence electrons. The molecule has 0 spiro atoms. The van der Waals surface area contributed by atoms with Crippen LogP contribution in [0.5, 0.6) is 0 Å². The summed E-state index contributed by atoms with van der Waals surface area (Å²) >= 11 is 0. The first-order chi connectivity index (χ1) is 6.11. The average Bonchev–Trinajstić information content (AvgIpc) is 2.05. The SMILES string of the molecule is CCOC(=O)/C(C#N)=C\NC(C)=O. The van der Waals surface area contributed by atoms with Crippen LogP contribution in [0.2, 0.25) is 0 Å². The van der Waals surface area contributed by atoms with E-state index in [2.05, 4.69) is 10.1 Å². The van der Waals surface area contributed by atoms with Crippen molar-refractivity contribution in [3.8, 4) is 6.07 Å². The molecule has 0 bridgehead atoms. The normalized spacial score (nSPS) is 10.1. The molecule has 13 heavy (non-hydrogen) atoms. The highest BCUT2D eigenvalue weighted by Gasteiger charge is 2.08. The van der Waals surface area contributed by atoms with E-state index in [9.17, 15) is 9.59 Å². The Morgan fingerprint density at radius 1 is 1.62 bits per heavy atom. The van der Waals surface area contributed by atoms with E-state index < -0.39 is 5.97 Å². The highest BCUT2D eigenvalue weighted by molar-refractivity contribution is 5.93. The predicted octanol–water partition coefficient (Wildman–Crippen LogP) is 0.0931. The first kappa shape index (κ1) is 11.2. The predicted molar refractivity (Wildman–Crippen MR) is 44.1 cm³/mol. The molecule has 0 aliphatic carbocycles. The van der Waals surface area contributed by atoms with Gasteiger partial charge in [0.05, 0.1) is 6.61 Å². The molecule has 0 aliphatic heterocycles. The van der Waals surface area contributed by atoms with Gasteiger partial charge in [-0.3, -0.25) is 4.79 Å². The molecule has 0 heterocycles. The topological polar surface area (TPSA) is 79.2 Å². The summed E-state index contributed by atoms with van der Waals surface area (Å²) < 4.78 is 4.55. The van der Waals surface area contributed by atoms with E-state index in [1.807, 2.05) is 0 Å². The molecule has 1 amide bonds. The lowest BCUT2D eigenvalue weighted by Crippen LogP contribution is -2.16. The fourth-order valence-corrected chi connectivity index (χ4v) is 0.519. The second-order valence-electron chi connectivity index (χ2n) is 2.09. The van der Waals surface area contributed by atoms with E-state index in [-0.39, 0.29) is 18.1 Å². The number of hydrogen-bond donors (Lipinski definition) is 1. The summed E-state index contributed by atoms with van der Waals surface area (Å²) in [7, 11) is 0. The van der Waals surface area contributed by atoms with Crippen LogP contribution in [0.25, 0.3) is 0 Å². The fourth-order valence-electron chi connectivity index (χ4n) is 0.519. The van der Waals surface area contributed by atoms with Crippen LogP contribution < -0.4 is 5.32 Å². The van der Waals surface area contributed by atoms with Crippen molar-refractivity contribution in [3.05, 3.63) is 11.8 Å². The molecule has 0 fully saturated rings. The number of nitrogens with zero attached hydrogens (tertiary/aromatic N) is 1. The van der Waals surface area contributed by atoms with Gasteiger partial charge in [-0.05, 0) is 6.92 Å². The van der Waals surface area contributed by atoms with Crippen molar-refractivity contribution in [1.82, 2.24) is 5.32 Å². The number of hydrogen-bond acceptors (Lipinski definition) is 4. The number of carbonyl (C=O) groups excluding carboxylic acids is 2. The minimum Gasteiger partial charge on any atom is -0.462 e. The summed E-state index contributed by atoms with van der Waals surface area (Å²) in [6.07, 6.45) is 1.03. The van der Waals surface area contributed by atoms with Crippen molar-refractivity contribution >= 4 is 11.9 Å². The van der Waals surface area contributed by atoms with Gasteiger partial charge in [-0.25, -0.2) is 4.79 Å². The van der Waals surface area contributed by atoms with Crippen LogP contribution in [0.15, 0.2) is 11.8 Å². The van der Waals surface area contributed by atoms with E-state index in [1.165, 1.54) is 6.92 Å². The number of rotatable bonds is 3. The minimum atomic E-state index is -0.737. The Hall–Kier alpha value is -1.83. The number of ether oxygens (including phenoxy) is 1. The van der Waals surface area contributed by atoms with Crippen molar-refractivity contribution in [3.63, 3.8) is 0 Å². The van der Waals surface area contributed by atoms with Crippen LogP contribution in [0, 0.1) is 11.3 Å². The largest absolute Gasteiger partial charge is 0.462 e. The average molecular weight is 182 g/mol. The number of nitrogens with one attached hydrogen (secondary N) is 1. The monoisotopic (exact) mass is 182 g/mol. The van der Waals surface area contributed by atoms with Crippen molar-refractivity contribution in [2.75, 3.05) is 6.61 Å². The molecule has 0 atom stereocenters. The maximum absolute atomic E-state index is 10.9. The van der Waals surface area contributed by atoms with E-state index in [1.54, 1.807) is 13.0 Å². The third-order valence-electron chi connectivity index (χ3n) is 1.04. The molecule has 0 rings (SSSR count). The van der Waals surface area contributed by atoms with Crippen LogP contribution in [0.1, 0.15) is 13.8 Å². The summed E-state index contributed by atoms with van der Waals surface area (Å²) in [5, 5.41) is 10.7. The summed E-state index contributed by atoms with van der Waals surface area (Å²) in [6.45, 7) is 3.10. The summed E-state index contributed by atoms with van der Waals surface area (Å²) in [6, 6.07) is 1.61. The third kappa shape index (κ3) is 4.58. The van der Waals surface area contributed by atoms with Crippen LogP contribution in [-0.4, -0.2) is 18.5 Å². The Morgan fingerprint density at radius 3 is 2.62 bits per heavy atom. The minimum absolute atomic E-state index is 0.192. The maximum Gasteiger partial charge on any atom is 0.350 e. The summed E-state index contributed by atoms with van der Waals surface area (Å²) in [4.78, 5) is 21.3. The Morgan fingerprint density at radius 2 is 2.23 bits per heavy atom. The van der Waals surface area contributed by atoms with Crippen LogP contribution in [0.4, 0.5) is 0 Å². The molecule has 5 heteroatoms. The van der Waals surface area contributed by atoms with E-state index in [4.69, 9.17) is 5.26 Å². The first-order valence-electron chi connectivity index (χ1n) is 3.66. The van der Waals surface area contributed by atoms with Gasteiger partial charge in [0.2, 0.25) is 5.91 Å². The molecule has 0 saturated heterocycles. The molecule has 0 aromatic carbocycles. The number of esters is 1. The number of amides is 1. The highest BCUT2D eigenvalue weighted by Crippen LogP contribution is 1.94. The second kappa shape index (κ2) is 5.77. The molecule has 1 N–H and O–H groups in total. The molecule has 0 aromatic heterocycles. The van der Waals surface area contributed by atoms with Crippen LogP contribution in [-0.2, 0) is 14.3 Å². The van der Waals surface area contributed by atoms with Crippen molar-refractivity contribution in [2.45, 2.75) is 13.8 Å². The maximum atomic E-state index is 10.9. The van der Waals surface area contributed by atoms with Crippen LogP contribution >= 0.6 is 0 Å². The zero-order valence-electron chi connectivity index (χ0n) is 7.46. The quantitative estimate of drug-likeness (QED) is 0.381. The lowest BCUT2D eigenvalue weighted by atomic mass is 10.3. The third-order valence-corrected chi connectivity index (χ3v) is 1.04. The number of nitriles is 1. The van der Waals surface area contributed by atoms with Gasteiger partial charge in [-0.15, -0.1) is 0 Å². The smallest absolute Gasteiger partial charge is 0.350 e. The lowest BCUT2D eigenvalue weighted by molar-refractivity contribution is -0.138. The number of carbonyl (C=O) groups is 2. The lowest BCUT2D eigenvalue weighted by Gasteiger charge is -1.98. The van der Waals surface area contributed by atoms with Gasteiger partial charge in [0.1, 0.15) is 6.07 Å². The first-order valence-corrected chi connectivity index (χ1v) is 3.66. The van der Waals surface area contributed by atoms with Crippen molar-refractivity contribution in [2.24, 2.45) is 0 Å². The fraction of sp³-hybridized carbons (Fsp3) is 0.375. The molecule has 0 radical (unpaired) electrons. The van der Waals surface area contributed by atoms with Gasteiger partial charge in [-0.2, -0.15) is 5.26 Å². The van der Waals surface area contributed by atoms with E-state index in [0.717, 1.165) is 6.20 Å². The molecular formula is C8H10N2O3. The van der Waals surface area contributed by atoms with Gasteiger partial charge >= 0.3 is 5.97 Å². The van der Waals surface area contributed by atoms with E-state index >= 15 is 0 Å². The van der Waals surface area contributed by atoms with Gasteiger partial charge in [-0.1, -0.05) is 0 Å².